The quantitative estimate of drug-likeness (QED) is 0.921. The Morgan fingerprint density at radius 2 is 2.10 bits per heavy atom. The van der Waals surface area contributed by atoms with Gasteiger partial charge in [-0.15, -0.1) is 0 Å². The first-order chi connectivity index (χ1) is 9.76. The maximum absolute atomic E-state index is 11.9. The number of amides is 1. The molecule has 6 heteroatoms. The van der Waals surface area contributed by atoms with Gasteiger partial charge in [0.15, 0.2) is 0 Å². The Kier molecular flexibility index (Phi) is 3.97. The number of nitrogens with zero attached hydrogens (tertiary/aromatic N) is 3. The Bertz CT molecular complexity index is 656. The van der Waals surface area contributed by atoms with Crippen LogP contribution in [0, 0.1) is 6.92 Å². The van der Waals surface area contributed by atoms with Gasteiger partial charge in [-0.3, -0.25) is 15.0 Å². The Morgan fingerprint density at radius 1 is 1.38 bits per heavy atom. The van der Waals surface area contributed by atoms with E-state index in [1.54, 1.807) is 23.1 Å². The van der Waals surface area contributed by atoms with Gasteiger partial charge in [-0.05, 0) is 39.8 Å². The number of hydrogen-bond acceptors (Lipinski definition) is 4. The summed E-state index contributed by atoms with van der Waals surface area (Å²) < 4.78 is 7.03. The van der Waals surface area contributed by atoms with E-state index in [-0.39, 0.29) is 0 Å². The van der Waals surface area contributed by atoms with Crippen LogP contribution in [-0.2, 0) is 11.8 Å². The molecule has 2 rings (SSSR count). The lowest BCUT2D eigenvalue weighted by Crippen LogP contribution is -2.27. The number of ether oxygens (including phenoxy) is 1. The zero-order valence-corrected chi connectivity index (χ0v) is 13.0. The molecule has 1 N–H and O–H groups in total. The third-order valence-corrected chi connectivity index (χ3v) is 2.73. The molecule has 0 saturated heterocycles. The van der Waals surface area contributed by atoms with Crippen LogP contribution < -0.4 is 5.32 Å². The van der Waals surface area contributed by atoms with E-state index >= 15 is 0 Å². The smallest absolute Gasteiger partial charge is 0.412 e. The van der Waals surface area contributed by atoms with Gasteiger partial charge in [0, 0.05) is 25.0 Å². The average Bonchev–Trinajstić information content (AvgIpc) is 2.66. The van der Waals surface area contributed by atoms with E-state index in [0.717, 1.165) is 17.0 Å². The molecule has 2 aromatic heterocycles. The van der Waals surface area contributed by atoms with Crippen molar-refractivity contribution in [2.45, 2.75) is 33.3 Å². The normalized spacial score (nSPS) is 11.3. The maximum Gasteiger partial charge on any atom is 0.412 e. The van der Waals surface area contributed by atoms with Gasteiger partial charge in [-0.25, -0.2) is 4.79 Å². The van der Waals surface area contributed by atoms with Crippen LogP contribution in [0.15, 0.2) is 24.5 Å². The van der Waals surface area contributed by atoms with E-state index in [4.69, 9.17) is 4.74 Å². The van der Waals surface area contributed by atoms with Crippen molar-refractivity contribution in [2.75, 3.05) is 5.32 Å². The van der Waals surface area contributed by atoms with Crippen molar-refractivity contribution >= 4 is 11.8 Å². The minimum Gasteiger partial charge on any atom is -0.444 e. The summed E-state index contributed by atoms with van der Waals surface area (Å²) >= 11 is 0. The molecule has 0 aliphatic rings. The number of rotatable bonds is 2. The number of aromatic nitrogens is 3. The Hall–Kier alpha value is -2.37. The Balaban J connectivity index is 2.30. The average molecular weight is 288 g/mol. The SMILES string of the molecule is Cc1cc(-c2cnccc2NC(=O)OC(C)(C)C)n(C)n1. The summed E-state index contributed by atoms with van der Waals surface area (Å²) in [5.74, 6) is 0. The number of anilines is 1. The molecule has 0 atom stereocenters. The van der Waals surface area contributed by atoms with Gasteiger partial charge in [0.05, 0.1) is 17.1 Å². The van der Waals surface area contributed by atoms with Crippen LogP contribution in [0.2, 0.25) is 0 Å². The van der Waals surface area contributed by atoms with E-state index in [0.29, 0.717) is 5.69 Å². The number of pyridine rings is 1. The van der Waals surface area contributed by atoms with E-state index in [2.05, 4.69) is 15.4 Å². The molecule has 0 unspecified atom stereocenters. The van der Waals surface area contributed by atoms with E-state index in [9.17, 15) is 4.79 Å². The molecule has 0 aliphatic heterocycles. The number of carbonyl (C=O) groups is 1. The molecule has 1 amide bonds. The summed E-state index contributed by atoms with van der Waals surface area (Å²) in [5, 5.41) is 7.07. The minimum atomic E-state index is -0.541. The predicted molar refractivity (Wildman–Crippen MR) is 81.0 cm³/mol. The standard InChI is InChI=1S/C15H20N4O2/c1-10-8-13(19(5)18-10)11-9-16-7-6-12(11)17-14(20)21-15(2,3)4/h6-9H,1-5H3,(H,16,17,20). The molecule has 2 heterocycles. The first-order valence-electron chi connectivity index (χ1n) is 6.71. The lowest BCUT2D eigenvalue weighted by molar-refractivity contribution is 0.0636. The first kappa shape index (κ1) is 15.0. The van der Waals surface area contributed by atoms with Gasteiger partial charge in [-0.2, -0.15) is 5.10 Å². The third kappa shape index (κ3) is 3.81. The topological polar surface area (TPSA) is 69.0 Å². The van der Waals surface area contributed by atoms with Crippen LogP contribution in [-0.4, -0.2) is 26.5 Å². The van der Waals surface area contributed by atoms with E-state index < -0.39 is 11.7 Å². The Morgan fingerprint density at radius 3 is 2.67 bits per heavy atom. The fourth-order valence-corrected chi connectivity index (χ4v) is 1.98. The second-order valence-corrected chi connectivity index (χ2v) is 5.84. The highest BCUT2D eigenvalue weighted by Gasteiger charge is 2.18. The van der Waals surface area contributed by atoms with Gasteiger partial charge >= 0.3 is 6.09 Å². The van der Waals surface area contributed by atoms with Crippen molar-refractivity contribution in [3.63, 3.8) is 0 Å². The summed E-state index contributed by atoms with van der Waals surface area (Å²) in [6, 6.07) is 3.68. The van der Waals surface area contributed by atoms with Crippen LogP contribution in [0.1, 0.15) is 26.5 Å². The fourth-order valence-electron chi connectivity index (χ4n) is 1.98. The van der Waals surface area contributed by atoms with Crippen molar-refractivity contribution in [1.82, 2.24) is 14.8 Å². The van der Waals surface area contributed by atoms with Gasteiger partial charge in [0.25, 0.3) is 0 Å². The number of nitrogens with one attached hydrogen (secondary N) is 1. The van der Waals surface area contributed by atoms with Crippen molar-refractivity contribution in [2.24, 2.45) is 7.05 Å². The van der Waals surface area contributed by atoms with Gasteiger partial charge in [0.1, 0.15) is 5.60 Å². The largest absolute Gasteiger partial charge is 0.444 e. The summed E-state index contributed by atoms with van der Waals surface area (Å²) in [6.45, 7) is 7.39. The zero-order chi connectivity index (χ0) is 15.6. The molecule has 0 bridgehead atoms. The van der Waals surface area contributed by atoms with Crippen LogP contribution in [0.4, 0.5) is 10.5 Å². The van der Waals surface area contributed by atoms with Crippen LogP contribution in [0.3, 0.4) is 0 Å². The molecule has 0 radical (unpaired) electrons. The number of aryl methyl sites for hydroxylation is 2. The van der Waals surface area contributed by atoms with Crippen molar-refractivity contribution < 1.29 is 9.53 Å². The summed E-state index contributed by atoms with van der Waals surface area (Å²) in [7, 11) is 1.85. The van der Waals surface area contributed by atoms with Crippen molar-refractivity contribution in [3.8, 4) is 11.3 Å². The summed E-state index contributed by atoms with van der Waals surface area (Å²) in [6.07, 6.45) is 2.83. The van der Waals surface area contributed by atoms with Crippen LogP contribution in [0.5, 0.6) is 0 Å². The fraction of sp³-hybridized carbons (Fsp3) is 0.400. The van der Waals surface area contributed by atoms with Gasteiger partial charge in [-0.1, -0.05) is 0 Å². The van der Waals surface area contributed by atoms with E-state index in [1.807, 2.05) is 40.8 Å². The molecular formula is C15H20N4O2. The first-order valence-corrected chi connectivity index (χ1v) is 6.71. The zero-order valence-electron chi connectivity index (χ0n) is 13.0. The molecule has 0 aliphatic carbocycles. The van der Waals surface area contributed by atoms with Crippen molar-refractivity contribution in [3.05, 3.63) is 30.2 Å². The highest BCUT2D eigenvalue weighted by molar-refractivity contribution is 5.90. The molecule has 0 saturated carbocycles. The van der Waals surface area contributed by atoms with Crippen LogP contribution in [0.25, 0.3) is 11.3 Å². The van der Waals surface area contributed by atoms with Crippen LogP contribution >= 0.6 is 0 Å². The minimum absolute atomic E-state index is 0.492. The monoisotopic (exact) mass is 288 g/mol. The third-order valence-electron chi connectivity index (χ3n) is 2.73. The second kappa shape index (κ2) is 5.55. The summed E-state index contributed by atoms with van der Waals surface area (Å²) in [4.78, 5) is 16.0. The lowest BCUT2D eigenvalue weighted by atomic mass is 10.1. The second-order valence-electron chi connectivity index (χ2n) is 5.84. The molecule has 21 heavy (non-hydrogen) atoms. The lowest BCUT2D eigenvalue weighted by Gasteiger charge is -2.20. The molecule has 0 aromatic carbocycles. The molecular weight excluding hydrogens is 268 g/mol. The molecule has 2 aromatic rings. The van der Waals surface area contributed by atoms with E-state index in [1.165, 1.54) is 0 Å². The molecule has 112 valence electrons. The highest BCUT2D eigenvalue weighted by Crippen LogP contribution is 2.27. The van der Waals surface area contributed by atoms with Crippen molar-refractivity contribution in [1.29, 1.82) is 0 Å². The number of hydrogen-bond donors (Lipinski definition) is 1. The Labute approximate surface area is 124 Å². The number of carbonyl (C=O) groups excluding carboxylic acids is 1. The molecule has 0 fully saturated rings. The predicted octanol–water partition coefficient (Wildman–Crippen LogP) is 3.14. The highest BCUT2D eigenvalue weighted by atomic mass is 16.6. The maximum atomic E-state index is 11.9. The molecule has 6 nitrogen and oxygen atoms in total. The molecule has 0 spiro atoms. The summed E-state index contributed by atoms with van der Waals surface area (Å²) in [5.41, 5.74) is 2.68. The van der Waals surface area contributed by atoms with Gasteiger partial charge < -0.3 is 4.74 Å². The van der Waals surface area contributed by atoms with Gasteiger partial charge in [0.2, 0.25) is 0 Å².